The molecule has 0 atom stereocenters. The van der Waals surface area contributed by atoms with Gasteiger partial charge < -0.3 is 9.67 Å². The van der Waals surface area contributed by atoms with Crippen molar-refractivity contribution < 1.29 is 9.90 Å². The summed E-state index contributed by atoms with van der Waals surface area (Å²) in [7, 11) is 0. The van der Waals surface area contributed by atoms with Gasteiger partial charge >= 0.3 is 5.97 Å². The summed E-state index contributed by atoms with van der Waals surface area (Å²) < 4.78 is 2.17. The maximum Gasteiger partial charge on any atom is 0.303 e. The molecule has 0 unspecified atom stereocenters. The van der Waals surface area contributed by atoms with Crippen molar-refractivity contribution in [2.75, 3.05) is 0 Å². The summed E-state index contributed by atoms with van der Waals surface area (Å²) in [5.74, 6) is 0.382. The Kier molecular flexibility index (Phi) is 4.15. The fourth-order valence-electron chi connectivity index (χ4n) is 1.91. The average Bonchev–Trinajstić information content (AvgIpc) is 2.58. The highest BCUT2D eigenvalue weighted by Gasteiger charge is 2.14. The molecule has 0 saturated carbocycles. The lowest BCUT2D eigenvalue weighted by Crippen LogP contribution is -2.13. The monoisotopic (exact) mass is 230 g/mol. The van der Waals surface area contributed by atoms with Crippen molar-refractivity contribution in [2.24, 2.45) is 0 Å². The molecule has 1 aromatic rings. The maximum absolute atomic E-state index is 10.4. The van der Waals surface area contributed by atoms with Gasteiger partial charge in [0, 0.05) is 24.9 Å². The molecule has 1 N–H and O–H groups in total. The van der Waals surface area contributed by atoms with Crippen LogP contribution in [0, 0.1) is 0 Å². The number of nitrogens with zero attached hydrogens (tertiary/aromatic N) is 2. The van der Waals surface area contributed by atoms with Crippen LogP contribution in [0.4, 0.5) is 0 Å². The standard InChI is InChI=1S/C10H14N2O2.ClH/c13-10(14)5-4-8-7-11-9-3-1-2-6-12(8)9;/h7H,1-6H2,(H,13,14);1H. The molecule has 5 heteroatoms. The lowest BCUT2D eigenvalue weighted by Gasteiger charge is -2.15. The number of hydrogen-bond donors (Lipinski definition) is 1. The summed E-state index contributed by atoms with van der Waals surface area (Å²) in [6.07, 6.45) is 6.04. The van der Waals surface area contributed by atoms with E-state index in [0.717, 1.165) is 24.5 Å². The highest BCUT2D eigenvalue weighted by atomic mass is 35.5. The van der Waals surface area contributed by atoms with Crippen molar-refractivity contribution in [3.05, 3.63) is 17.7 Å². The van der Waals surface area contributed by atoms with E-state index in [9.17, 15) is 4.79 Å². The molecule has 1 aromatic heterocycles. The van der Waals surface area contributed by atoms with E-state index in [0.29, 0.717) is 6.42 Å². The van der Waals surface area contributed by atoms with Crippen molar-refractivity contribution in [1.82, 2.24) is 9.55 Å². The number of carboxylic acids is 1. The van der Waals surface area contributed by atoms with Crippen molar-refractivity contribution in [3.63, 3.8) is 0 Å². The number of rotatable bonds is 3. The largest absolute Gasteiger partial charge is 0.481 e. The van der Waals surface area contributed by atoms with E-state index in [-0.39, 0.29) is 18.8 Å². The predicted octanol–water partition coefficient (Wildman–Crippen LogP) is 1.66. The van der Waals surface area contributed by atoms with Crippen LogP contribution >= 0.6 is 12.4 Å². The number of aryl methyl sites for hydroxylation is 2. The number of fused-ring (bicyclic) bond motifs is 1. The van der Waals surface area contributed by atoms with Gasteiger partial charge in [-0.05, 0) is 19.3 Å². The topological polar surface area (TPSA) is 55.1 Å². The Labute approximate surface area is 94.7 Å². The first-order valence-electron chi connectivity index (χ1n) is 5.02. The van der Waals surface area contributed by atoms with Gasteiger partial charge in [-0.15, -0.1) is 12.4 Å². The number of halogens is 1. The summed E-state index contributed by atoms with van der Waals surface area (Å²) >= 11 is 0. The van der Waals surface area contributed by atoms with Gasteiger partial charge in [-0.3, -0.25) is 4.79 Å². The van der Waals surface area contributed by atoms with Gasteiger partial charge in [0.05, 0.1) is 6.42 Å². The molecule has 0 fully saturated rings. The molecule has 15 heavy (non-hydrogen) atoms. The zero-order valence-corrected chi connectivity index (χ0v) is 9.29. The molecule has 4 nitrogen and oxygen atoms in total. The fraction of sp³-hybridized carbons (Fsp3) is 0.600. The molecule has 0 saturated heterocycles. The van der Waals surface area contributed by atoms with Crippen LogP contribution in [-0.4, -0.2) is 20.6 Å². The van der Waals surface area contributed by atoms with Gasteiger partial charge in [-0.1, -0.05) is 0 Å². The number of hydrogen-bond acceptors (Lipinski definition) is 2. The molecular weight excluding hydrogens is 216 g/mol. The van der Waals surface area contributed by atoms with Gasteiger partial charge in [0.25, 0.3) is 0 Å². The van der Waals surface area contributed by atoms with Crippen LogP contribution in [-0.2, 0) is 24.2 Å². The van der Waals surface area contributed by atoms with Crippen molar-refractivity contribution in [3.8, 4) is 0 Å². The van der Waals surface area contributed by atoms with E-state index in [1.165, 1.54) is 12.8 Å². The summed E-state index contributed by atoms with van der Waals surface area (Å²) in [5.41, 5.74) is 1.07. The van der Waals surface area contributed by atoms with Crippen LogP contribution in [0.15, 0.2) is 6.20 Å². The molecule has 84 valence electrons. The number of aliphatic carboxylic acids is 1. The zero-order valence-electron chi connectivity index (χ0n) is 8.48. The quantitative estimate of drug-likeness (QED) is 0.859. The summed E-state index contributed by atoms with van der Waals surface area (Å²) in [5, 5.41) is 8.59. The van der Waals surface area contributed by atoms with Gasteiger partial charge in [-0.25, -0.2) is 4.98 Å². The second kappa shape index (κ2) is 5.16. The number of aromatic nitrogens is 2. The van der Waals surface area contributed by atoms with E-state index in [4.69, 9.17) is 5.11 Å². The van der Waals surface area contributed by atoms with Crippen LogP contribution in [0.5, 0.6) is 0 Å². The van der Waals surface area contributed by atoms with E-state index >= 15 is 0 Å². The molecule has 1 aliphatic rings. The third-order valence-corrected chi connectivity index (χ3v) is 2.65. The Morgan fingerprint density at radius 2 is 2.33 bits per heavy atom. The minimum absolute atomic E-state index is 0. The number of carboxylic acid groups (broad SMARTS) is 1. The number of carbonyl (C=O) groups is 1. The Morgan fingerprint density at radius 1 is 1.53 bits per heavy atom. The van der Waals surface area contributed by atoms with Crippen LogP contribution in [0.2, 0.25) is 0 Å². The molecule has 0 aliphatic carbocycles. The molecule has 0 radical (unpaired) electrons. The van der Waals surface area contributed by atoms with Crippen LogP contribution in [0.25, 0.3) is 0 Å². The first-order chi connectivity index (χ1) is 6.77. The van der Waals surface area contributed by atoms with E-state index in [2.05, 4.69) is 9.55 Å². The molecule has 0 amide bonds. The van der Waals surface area contributed by atoms with Gasteiger partial charge in [0.1, 0.15) is 5.82 Å². The SMILES string of the molecule is Cl.O=C(O)CCc1cnc2n1CCCC2. The van der Waals surface area contributed by atoms with Crippen molar-refractivity contribution in [2.45, 2.75) is 38.6 Å². The van der Waals surface area contributed by atoms with Gasteiger partial charge in [0.15, 0.2) is 0 Å². The maximum atomic E-state index is 10.4. The van der Waals surface area contributed by atoms with Crippen LogP contribution < -0.4 is 0 Å². The first kappa shape index (κ1) is 12.0. The van der Waals surface area contributed by atoms with E-state index in [1.807, 2.05) is 6.20 Å². The third-order valence-electron chi connectivity index (χ3n) is 2.65. The lowest BCUT2D eigenvalue weighted by atomic mass is 10.1. The lowest BCUT2D eigenvalue weighted by molar-refractivity contribution is -0.136. The predicted molar refractivity (Wildman–Crippen MR) is 58.4 cm³/mol. The van der Waals surface area contributed by atoms with Crippen molar-refractivity contribution in [1.29, 1.82) is 0 Å². The Hall–Kier alpha value is -1.03. The first-order valence-corrected chi connectivity index (χ1v) is 5.02. The summed E-state index contributed by atoms with van der Waals surface area (Å²) in [6, 6.07) is 0. The second-order valence-electron chi connectivity index (χ2n) is 3.67. The van der Waals surface area contributed by atoms with Gasteiger partial charge in [-0.2, -0.15) is 0 Å². The molecular formula is C10H15ClN2O2. The molecule has 1 aliphatic heterocycles. The minimum Gasteiger partial charge on any atom is -0.481 e. The zero-order chi connectivity index (χ0) is 9.97. The normalized spacial score (nSPS) is 14.1. The highest BCUT2D eigenvalue weighted by molar-refractivity contribution is 5.85. The minimum atomic E-state index is -0.739. The Morgan fingerprint density at radius 3 is 3.07 bits per heavy atom. The smallest absolute Gasteiger partial charge is 0.303 e. The molecule has 2 rings (SSSR count). The average molecular weight is 231 g/mol. The van der Waals surface area contributed by atoms with Crippen molar-refractivity contribution >= 4 is 18.4 Å². The molecule has 0 spiro atoms. The molecule has 0 bridgehead atoms. The number of imidazole rings is 1. The highest BCUT2D eigenvalue weighted by Crippen LogP contribution is 2.16. The Balaban J connectivity index is 0.00000112. The fourth-order valence-corrected chi connectivity index (χ4v) is 1.91. The molecule has 2 heterocycles. The summed E-state index contributed by atoms with van der Waals surface area (Å²) in [4.78, 5) is 14.7. The van der Waals surface area contributed by atoms with Crippen LogP contribution in [0.1, 0.15) is 30.8 Å². The Bertz CT molecular complexity index is 349. The second-order valence-corrected chi connectivity index (χ2v) is 3.67. The van der Waals surface area contributed by atoms with Gasteiger partial charge in [0.2, 0.25) is 0 Å². The van der Waals surface area contributed by atoms with E-state index < -0.39 is 5.97 Å². The summed E-state index contributed by atoms with van der Waals surface area (Å²) in [6.45, 7) is 1.00. The van der Waals surface area contributed by atoms with E-state index in [1.54, 1.807) is 0 Å². The van der Waals surface area contributed by atoms with Crippen LogP contribution in [0.3, 0.4) is 0 Å². The molecule has 0 aromatic carbocycles. The third kappa shape index (κ3) is 2.72.